The summed E-state index contributed by atoms with van der Waals surface area (Å²) in [6.07, 6.45) is 6.24. The van der Waals surface area contributed by atoms with Crippen molar-refractivity contribution in [3.05, 3.63) is 57.9 Å². The Morgan fingerprint density at radius 3 is 2.74 bits per heavy atom. The molecule has 0 saturated carbocycles. The van der Waals surface area contributed by atoms with Gasteiger partial charge in [-0.1, -0.05) is 0 Å². The van der Waals surface area contributed by atoms with Gasteiger partial charge in [0.25, 0.3) is 5.56 Å². The van der Waals surface area contributed by atoms with Crippen molar-refractivity contribution in [2.24, 2.45) is 5.92 Å². The first-order valence-electron chi connectivity index (χ1n) is 9.31. The molecule has 2 aliphatic rings. The number of nitrogens with zero attached hydrogens (tertiary/aromatic N) is 4. The normalized spacial score (nSPS) is 21.0. The molecule has 1 N–H and O–H groups in total. The SMILES string of the molecule is O=C(CCCn1cccc1)N1CC2CC(C1)c1ccc(N([O-])O)c(=O)n1C2. The molecule has 0 aliphatic carbocycles. The predicted octanol–water partition coefficient (Wildman–Crippen LogP) is 1.77. The molecule has 4 rings (SSSR count). The van der Waals surface area contributed by atoms with Crippen molar-refractivity contribution in [2.75, 3.05) is 18.3 Å². The van der Waals surface area contributed by atoms with Gasteiger partial charge >= 0.3 is 0 Å². The quantitative estimate of drug-likeness (QED) is 0.809. The summed E-state index contributed by atoms with van der Waals surface area (Å²) in [7, 11) is 0. The molecular weight excluding hydrogens is 348 g/mol. The van der Waals surface area contributed by atoms with Crippen LogP contribution in [0, 0.1) is 11.1 Å². The lowest BCUT2D eigenvalue weighted by molar-refractivity contribution is -0.134. The molecule has 0 radical (unpaired) electrons. The molecule has 27 heavy (non-hydrogen) atoms. The summed E-state index contributed by atoms with van der Waals surface area (Å²) < 4.78 is 3.65. The molecule has 0 aromatic carbocycles. The lowest BCUT2D eigenvalue weighted by Crippen LogP contribution is -2.49. The van der Waals surface area contributed by atoms with Crippen molar-refractivity contribution in [2.45, 2.75) is 38.3 Å². The highest BCUT2D eigenvalue weighted by atomic mass is 16.8. The zero-order valence-corrected chi connectivity index (χ0v) is 15.0. The van der Waals surface area contributed by atoms with E-state index in [0.29, 0.717) is 26.1 Å². The topological polar surface area (TPSA) is 93.8 Å². The fraction of sp³-hybridized carbons (Fsp3) is 0.474. The minimum absolute atomic E-state index is 0.0893. The fourth-order valence-corrected chi connectivity index (χ4v) is 4.37. The first kappa shape index (κ1) is 17.8. The van der Waals surface area contributed by atoms with E-state index < -0.39 is 5.56 Å². The van der Waals surface area contributed by atoms with Gasteiger partial charge in [-0.15, -0.1) is 0 Å². The summed E-state index contributed by atoms with van der Waals surface area (Å²) in [5.41, 5.74) is 0.106. The summed E-state index contributed by atoms with van der Waals surface area (Å²) >= 11 is 0. The Balaban J connectivity index is 1.44. The van der Waals surface area contributed by atoms with E-state index in [1.165, 1.54) is 6.07 Å². The molecule has 2 unspecified atom stereocenters. The zero-order valence-electron chi connectivity index (χ0n) is 15.0. The van der Waals surface area contributed by atoms with Crippen LogP contribution in [-0.4, -0.2) is 38.2 Å². The van der Waals surface area contributed by atoms with E-state index in [2.05, 4.69) is 4.57 Å². The molecule has 1 saturated heterocycles. The number of likely N-dealkylation sites (tertiary alicyclic amines) is 1. The van der Waals surface area contributed by atoms with Crippen molar-refractivity contribution < 1.29 is 10.0 Å². The summed E-state index contributed by atoms with van der Waals surface area (Å²) in [5.74, 6) is 0.438. The van der Waals surface area contributed by atoms with Gasteiger partial charge in [-0.25, -0.2) is 0 Å². The summed E-state index contributed by atoms with van der Waals surface area (Å²) in [6.45, 7) is 2.53. The van der Waals surface area contributed by atoms with Crippen molar-refractivity contribution >= 4 is 11.6 Å². The molecule has 0 spiro atoms. The number of rotatable bonds is 5. The van der Waals surface area contributed by atoms with Crippen LogP contribution in [0.3, 0.4) is 0 Å². The van der Waals surface area contributed by atoms with Crippen molar-refractivity contribution in [1.82, 2.24) is 14.0 Å². The summed E-state index contributed by atoms with van der Waals surface area (Å²) in [5, 5.41) is 19.8. The monoisotopic (exact) mass is 371 g/mol. The van der Waals surface area contributed by atoms with Crippen LogP contribution in [0.1, 0.15) is 30.9 Å². The van der Waals surface area contributed by atoms with Gasteiger partial charge in [-0.2, -0.15) is 0 Å². The van der Waals surface area contributed by atoms with E-state index in [1.54, 1.807) is 10.6 Å². The van der Waals surface area contributed by atoms with Gasteiger partial charge in [-0.05, 0) is 43.0 Å². The van der Waals surface area contributed by atoms with Crippen molar-refractivity contribution in [1.29, 1.82) is 0 Å². The van der Waals surface area contributed by atoms with Crippen LogP contribution in [0.15, 0.2) is 41.5 Å². The molecule has 2 aromatic rings. The van der Waals surface area contributed by atoms with Gasteiger partial charge in [-0.3, -0.25) is 14.8 Å². The maximum Gasteiger partial charge on any atom is 0.275 e. The van der Waals surface area contributed by atoms with E-state index >= 15 is 0 Å². The first-order chi connectivity index (χ1) is 13.0. The minimum atomic E-state index is -0.466. The van der Waals surface area contributed by atoms with E-state index in [-0.39, 0.29) is 28.7 Å². The standard InChI is InChI=1S/C19H23N4O4/c24-18(4-3-9-20-7-1-2-8-20)21-11-14-10-15(13-21)16-5-6-17(23(26)27)19(25)22(16)12-14/h1-2,5-8,14-15,26H,3-4,9-13H2/q-1. The van der Waals surface area contributed by atoms with Crippen LogP contribution in [0.5, 0.6) is 0 Å². The Morgan fingerprint density at radius 2 is 2.00 bits per heavy atom. The van der Waals surface area contributed by atoms with Crippen LogP contribution in [0.4, 0.5) is 5.69 Å². The maximum absolute atomic E-state index is 12.6. The number of piperidine rings is 1. The number of anilines is 1. The van der Waals surface area contributed by atoms with Crippen LogP contribution >= 0.6 is 0 Å². The lowest BCUT2D eigenvalue weighted by atomic mass is 9.83. The second-order valence-electron chi connectivity index (χ2n) is 7.45. The molecule has 1 fully saturated rings. The number of carbonyl (C=O) groups excluding carboxylic acids is 1. The fourth-order valence-electron chi connectivity index (χ4n) is 4.37. The van der Waals surface area contributed by atoms with E-state index in [1.807, 2.05) is 29.4 Å². The second kappa shape index (κ2) is 7.21. The highest BCUT2D eigenvalue weighted by molar-refractivity contribution is 5.76. The van der Waals surface area contributed by atoms with Crippen LogP contribution in [0.2, 0.25) is 0 Å². The van der Waals surface area contributed by atoms with Gasteiger partial charge in [0.1, 0.15) is 5.69 Å². The van der Waals surface area contributed by atoms with E-state index in [0.717, 1.165) is 25.1 Å². The number of hydrogen-bond acceptors (Lipinski definition) is 5. The average Bonchev–Trinajstić information content (AvgIpc) is 3.15. The summed E-state index contributed by atoms with van der Waals surface area (Å²) in [6, 6.07) is 7.03. The smallest absolute Gasteiger partial charge is 0.275 e. The number of pyridine rings is 1. The lowest BCUT2D eigenvalue weighted by Gasteiger charge is -2.43. The van der Waals surface area contributed by atoms with Crippen LogP contribution < -0.4 is 10.8 Å². The second-order valence-corrected chi connectivity index (χ2v) is 7.45. The molecule has 2 aromatic heterocycles. The van der Waals surface area contributed by atoms with Gasteiger partial charge < -0.3 is 24.5 Å². The number of carbonyl (C=O) groups is 1. The van der Waals surface area contributed by atoms with Crippen molar-refractivity contribution in [3.63, 3.8) is 0 Å². The first-order valence-corrected chi connectivity index (χ1v) is 9.31. The third-order valence-corrected chi connectivity index (χ3v) is 5.62. The minimum Gasteiger partial charge on any atom is -0.733 e. The molecule has 2 bridgehead atoms. The van der Waals surface area contributed by atoms with Gasteiger partial charge in [0.2, 0.25) is 5.91 Å². The van der Waals surface area contributed by atoms with E-state index in [4.69, 9.17) is 5.21 Å². The number of fused-ring (bicyclic) bond motifs is 4. The zero-order chi connectivity index (χ0) is 19.0. The third kappa shape index (κ3) is 3.50. The van der Waals surface area contributed by atoms with Crippen LogP contribution in [-0.2, 0) is 17.9 Å². The number of aromatic nitrogens is 2. The highest BCUT2D eigenvalue weighted by Gasteiger charge is 2.36. The predicted molar refractivity (Wildman–Crippen MR) is 99.4 cm³/mol. The Bertz CT molecular complexity index is 874. The highest BCUT2D eigenvalue weighted by Crippen LogP contribution is 2.35. The Labute approximate surface area is 156 Å². The van der Waals surface area contributed by atoms with Crippen LogP contribution in [0.25, 0.3) is 0 Å². The Hall–Kier alpha value is -2.58. The molecule has 144 valence electrons. The molecule has 2 aliphatic heterocycles. The molecular formula is C19H23N4O4-. The average molecular weight is 371 g/mol. The van der Waals surface area contributed by atoms with Crippen molar-refractivity contribution in [3.8, 4) is 0 Å². The largest absolute Gasteiger partial charge is 0.733 e. The Morgan fingerprint density at radius 1 is 1.22 bits per heavy atom. The summed E-state index contributed by atoms with van der Waals surface area (Å²) in [4.78, 5) is 27.0. The van der Waals surface area contributed by atoms with Gasteiger partial charge in [0.15, 0.2) is 0 Å². The molecule has 2 atom stereocenters. The maximum atomic E-state index is 12.6. The van der Waals surface area contributed by atoms with Gasteiger partial charge in [0.05, 0.1) is 0 Å². The number of aryl methyl sites for hydroxylation is 1. The van der Waals surface area contributed by atoms with E-state index in [9.17, 15) is 14.8 Å². The number of amides is 1. The molecule has 4 heterocycles. The molecule has 8 heteroatoms. The molecule has 8 nitrogen and oxygen atoms in total. The number of hydrogen-bond donors (Lipinski definition) is 1. The molecule has 1 amide bonds. The Kier molecular flexibility index (Phi) is 4.75. The van der Waals surface area contributed by atoms with Gasteiger partial charge in [0, 0.05) is 56.6 Å². The third-order valence-electron chi connectivity index (χ3n) is 5.62.